The number of fused-ring (bicyclic) bond motifs is 4. The molecule has 1 aliphatic rings. The number of phenolic OH excluding ortho intramolecular Hbond substituents is 1. The number of para-hydroxylation sites is 1. The third kappa shape index (κ3) is 1.53. The molecule has 0 atom stereocenters. The summed E-state index contributed by atoms with van der Waals surface area (Å²) >= 11 is 0. The van der Waals surface area contributed by atoms with Crippen LogP contribution in [0, 0.1) is 0 Å². The molecule has 0 radical (unpaired) electrons. The van der Waals surface area contributed by atoms with Crippen molar-refractivity contribution >= 4 is 27.9 Å². The average Bonchev–Trinajstić information content (AvgIpc) is 2.46. The lowest BCUT2D eigenvalue weighted by molar-refractivity contribution is 0.473. The van der Waals surface area contributed by atoms with Gasteiger partial charge in [-0.25, -0.2) is 4.98 Å². The fraction of sp³-hybridized carbons (Fsp3) is 0.118. The Bertz CT molecular complexity index is 833. The number of benzene rings is 2. The van der Waals surface area contributed by atoms with E-state index in [2.05, 4.69) is 23.2 Å². The first-order chi connectivity index (χ1) is 9.33. The lowest BCUT2D eigenvalue weighted by Gasteiger charge is -2.15. The van der Waals surface area contributed by atoms with E-state index in [4.69, 9.17) is 0 Å². The monoisotopic (exact) mass is 247 g/mol. The summed E-state index contributed by atoms with van der Waals surface area (Å²) < 4.78 is 0. The highest BCUT2D eigenvalue weighted by Gasteiger charge is 2.14. The molecule has 0 saturated carbocycles. The van der Waals surface area contributed by atoms with Gasteiger partial charge >= 0.3 is 0 Å². The number of phenols is 1. The van der Waals surface area contributed by atoms with Crippen molar-refractivity contribution in [3.05, 3.63) is 53.6 Å². The molecule has 1 heterocycles. The Kier molecular flexibility index (Phi) is 2.12. The number of nitrogens with zero attached hydrogens (tertiary/aromatic N) is 1. The van der Waals surface area contributed by atoms with Crippen LogP contribution in [0.5, 0.6) is 5.75 Å². The Balaban J connectivity index is 2.18. The molecule has 2 heteroatoms. The Morgan fingerprint density at radius 2 is 1.95 bits per heavy atom. The van der Waals surface area contributed by atoms with Gasteiger partial charge in [-0.05, 0) is 30.5 Å². The summed E-state index contributed by atoms with van der Waals surface area (Å²) in [6, 6.07) is 12.1. The van der Waals surface area contributed by atoms with E-state index in [1.807, 2.05) is 24.3 Å². The molecule has 1 N–H and O–H groups in total. The normalized spacial score (nSPS) is 13.9. The molecule has 4 rings (SSSR count). The summed E-state index contributed by atoms with van der Waals surface area (Å²) in [5.41, 5.74) is 4.03. The molecule has 0 fully saturated rings. The van der Waals surface area contributed by atoms with Gasteiger partial charge in [-0.1, -0.05) is 30.4 Å². The minimum Gasteiger partial charge on any atom is -0.507 e. The largest absolute Gasteiger partial charge is 0.507 e. The van der Waals surface area contributed by atoms with E-state index in [1.54, 1.807) is 6.07 Å². The lowest BCUT2D eigenvalue weighted by atomic mass is 9.92. The van der Waals surface area contributed by atoms with E-state index < -0.39 is 0 Å². The maximum absolute atomic E-state index is 10.1. The number of aryl methyl sites for hydroxylation is 1. The standard InChI is InChI=1S/C17H13NO/c19-17-10-16-14(12-6-2-3-7-13(12)17)9-11-5-1-4-8-15(11)18-16/h1,3-5,7-10,19H,2,6H2. The van der Waals surface area contributed by atoms with E-state index >= 15 is 0 Å². The van der Waals surface area contributed by atoms with Crippen LogP contribution in [-0.4, -0.2) is 10.1 Å². The summed E-state index contributed by atoms with van der Waals surface area (Å²) in [5.74, 6) is 0.334. The third-order valence-corrected chi connectivity index (χ3v) is 3.80. The molecule has 0 aliphatic heterocycles. The number of hydrogen-bond acceptors (Lipinski definition) is 2. The van der Waals surface area contributed by atoms with Crippen LogP contribution in [0.25, 0.3) is 27.9 Å². The van der Waals surface area contributed by atoms with Crippen LogP contribution in [0.2, 0.25) is 0 Å². The first-order valence-electron chi connectivity index (χ1n) is 6.54. The summed E-state index contributed by atoms with van der Waals surface area (Å²) in [4.78, 5) is 4.66. The Hall–Kier alpha value is -2.35. The zero-order valence-corrected chi connectivity index (χ0v) is 10.4. The number of aromatic hydroxyl groups is 1. The molecule has 1 aliphatic carbocycles. The number of allylic oxidation sites excluding steroid dienone is 1. The summed E-state index contributed by atoms with van der Waals surface area (Å²) in [6.07, 6.45) is 6.13. The summed E-state index contributed by atoms with van der Waals surface area (Å²) in [6.45, 7) is 0. The zero-order chi connectivity index (χ0) is 12.8. The van der Waals surface area contributed by atoms with E-state index in [9.17, 15) is 5.11 Å². The van der Waals surface area contributed by atoms with Gasteiger partial charge < -0.3 is 5.11 Å². The van der Waals surface area contributed by atoms with E-state index in [0.29, 0.717) is 5.75 Å². The van der Waals surface area contributed by atoms with Gasteiger partial charge in [-0.3, -0.25) is 0 Å². The fourth-order valence-electron chi connectivity index (χ4n) is 2.87. The van der Waals surface area contributed by atoms with Crippen molar-refractivity contribution in [2.45, 2.75) is 12.8 Å². The van der Waals surface area contributed by atoms with Crippen LogP contribution >= 0.6 is 0 Å². The second-order valence-corrected chi connectivity index (χ2v) is 4.98. The smallest absolute Gasteiger partial charge is 0.125 e. The van der Waals surface area contributed by atoms with Gasteiger partial charge in [-0.2, -0.15) is 0 Å². The molecular weight excluding hydrogens is 234 g/mol. The van der Waals surface area contributed by atoms with Gasteiger partial charge in [0.2, 0.25) is 0 Å². The maximum atomic E-state index is 10.1. The molecule has 0 amide bonds. The molecule has 0 saturated heterocycles. The Labute approximate surface area is 111 Å². The van der Waals surface area contributed by atoms with Gasteiger partial charge in [0.05, 0.1) is 11.0 Å². The second kappa shape index (κ2) is 3.82. The van der Waals surface area contributed by atoms with E-state index in [-0.39, 0.29) is 0 Å². The first kappa shape index (κ1) is 10.6. The summed E-state index contributed by atoms with van der Waals surface area (Å²) in [7, 11) is 0. The number of rotatable bonds is 0. The molecule has 0 bridgehead atoms. The fourth-order valence-corrected chi connectivity index (χ4v) is 2.87. The highest BCUT2D eigenvalue weighted by atomic mass is 16.3. The van der Waals surface area contributed by atoms with Gasteiger partial charge in [0.1, 0.15) is 5.75 Å². The molecule has 92 valence electrons. The topological polar surface area (TPSA) is 33.1 Å². The highest BCUT2D eigenvalue weighted by Crippen LogP contribution is 2.35. The predicted molar refractivity (Wildman–Crippen MR) is 78.3 cm³/mol. The first-order valence-corrected chi connectivity index (χ1v) is 6.54. The van der Waals surface area contributed by atoms with Crippen LogP contribution < -0.4 is 0 Å². The minimum absolute atomic E-state index is 0.334. The number of pyridine rings is 1. The van der Waals surface area contributed by atoms with Crippen molar-refractivity contribution in [3.63, 3.8) is 0 Å². The van der Waals surface area contributed by atoms with Crippen LogP contribution in [0.1, 0.15) is 17.5 Å². The van der Waals surface area contributed by atoms with Crippen LogP contribution in [0.15, 0.2) is 42.5 Å². The van der Waals surface area contributed by atoms with E-state index in [1.165, 1.54) is 5.56 Å². The van der Waals surface area contributed by atoms with Crippen molar-refractivity contribution in [2.75, 3.05) is 0 Å². The molecule has 19 heavy (non-hydrogen) atoms. The molecule has 2 nitrogen and oxygen atoms in total. The van der Waals surface area contributed by atoms with Crippen LogP contribution in [0.4, 0.5) is 0 Å². The Morgan fingerprint density at radius 1 is 1.05 bits per heavy atom. The van der Waals surface area contributed by atoms with Crippen LogP contribution in [0.3, 0.4) is 0 Å². The van der Waals surface area contributed by atoms with Crippen molar-refractivity contribution < 1.29 is 5.11 Å². The molecule has 3 aromatic rings. The van der Waals surface area contributed by atoms with Crippen LogP contribution in [-0.2, 0) is 6.42 Å². The number of hydrogen-bond donors (Lipinski definition) is 1. The summed E-state index contributed by atoms with van der Waals surface area (Å²) in [5, 5.41) is 12.4. The van der Waals surface area contributed by atoms with Gasteiger partial charge in [-0.15, -0.1) is 0 Å². The SMILES string of the molecule is Oc1cc2nc3ccccc3cc2c2c1C=CCC2. The van der Waals surface area contributed by atoms with Crippen molar-refractivity contribution in [3.8, 4) is 5.75 Å². The quantitative estimate of drug-likeness (QED) is 0.608. The molecule has 1 aromatic heterocycles. The molecular formula is C17H13NO. The molecule has 0 spiro atoms. The zero-order valence-electron chi connectivity index (χ0n) is 10.4. The average molecular weight is 247 g/mol. The predicted octanol–water partition coefficient (Wildman–Crippen LogP) is 4.05. The number of aromatic nitrogens is 1. The van der Waals surface area contributed by atoms with Crippen molar-refractivity contribution in [2.24, 2.45) is 0 Å². The minimum atomic E-state index is 0.334. The lowest BCUT2D eigenvalue weighted by Crippen LogP contribution is -1.97. The van der Waals surface area contributed by atoms with Crippen molar-refractivity contribution in [1.29, 1.82) is 0 Å². The third-order valence-electron chi connectivity index (χ3n) is 3.80. The van der Waals surface area contributed by atoms with Gasteiger partial charge in [0.15, 0.2) is 0 Å². The Morgan fingerprint density at radius 3 is 2.89 bits per heavy atom. The van der Waals surface area contributed by atoms with Gasteiger partial charge in [0.25, 0.3) is 0 Å². The molecule has 2 aromatic carbocycles. The highest BCUT2D eigenvalue weighted by molar-refractivity contribution is 5.97. The van der Waals surface area contributed by atoms with Gasteiger partial charge in [0, 0.05) is 22.4 Å². The molecule has 0 unspecified atom stereocenters. The van der Waals surface area contributed by atoms with E-state index in [0.717, 1.165) is 40.2 Å². The maximum Gasteiger partial charge on any atom is 0.125 e. The second-order valence-electron chi connectivity index (χ2n) is 4.98. The van der Waals surface area contributed by atoms with Crippen molar-refractivity contribution in [1.82, 2.24) is 4.98 Å².